The van der Waals surface area contributed by atoms with Crippen LogP contribution in [0.3, 0.4) is 0 Å². The Morgan fingerprint density at radius 3 is 2.21 bits per heavy atom. The molecule has 150 valence electrons. The van der Waals surface area contributed by atoms with E-state index in [9.17, 15) is 9.18 Å². The Hall–Kier alpha value is -1.72. The Balaban J connectivity index is 0.000000167. The van der Waals surface area contributed by atoms with Crippen LogP contribution in [0, 0.1) is 5.82 Å². The van der Waals surface area contributed by atoms with Crippen molar-refractivity contribution in [3.8, 4) is 0 Å². The first-order valence-corrected chi connectivity index (χ1v) is 10.8. The topological polar surface area (TPSA) is 32.3 Å². The van der Waals surface area contributed by atoms with E-state index in [0.29, 0.717) is 5.92 Å². The molecule has 1 N–H and O–H groups in total. The van der Waals surface area contributed by atoms with E-state index >= 15 is 0 Å². The number of halogens is 2. The molecule has 5 heteroatoms. The molecule has 4 rings (SSSR count). The first-order valence-electron chi connectivity index (χ1n) is 10.0. The number of carbonyl (C=O) groups is 1. The van der Waals surface area contributed by atoms with Crippen molar-refractivity contribution in [3.63, 3.8) is 0 Å². The highest BCUT2D eigenvalue weighted by Gasteiger charge is 2.23. The van der Waals surface area contributed by atoms with Crippen LogP contribution >= 0.6 is 15.9 Å². The highest BCUT2D eigenvalue weighted by atomic mass is 79.9. The van der Waals surface area contributed by atoms with Crippen molar-refractivity contribution in [1.82, 2.24) is 10.2 Å². The third-order valence-electron chi connectivity index (χ3n) is 5.69. The van der Waals surface area contributed by atoms with E-state index in [0.717, 1.165) is 44.6 Å². The van der Waals surface area contributed by atoms with Crippen LogP contribution in [0.1, 0.15) is 49.1 Å². The van der Waals surface area contributed by atoms with Crippen molar-refractivity contribution in [2.24, 2.45) is 0 Å². The summed E-state index contributed by atoms with van der Waals surface area (Å²) in [5, 5.41) is 3.38. The van der Waals surface area contributed by atoms with Gasteiger partial charge in [-0.3, -0.25) is 4.79 Å². The molecule has 2 aromatic rings. The molecule has 2 aliphatic rings. The summed E-state index contributed by atoms with van der Waals surface area (Å²) in [6.45, 7) is 5.36. The maximum Gasteiger partial charge on any atom is 0.219 e. The van der Waals surface area contributed by atoms with Crippen LogP contribution in [0.25, 0.3) is 0 Å². The molecule has 0 aromatic heterocycles. The van der Waals surface area contributed by atoms with Crippen molar-refractivity contribution < 1.29 is 9.18 Å². The Kier molecular flexibility index (Phi) is 7.63. The molecule has 2 saturated heterocycles. The minimum atomic E-state index is -0.122. The fourth-order valence-corrected chi connectivity index (χ4v) is 4.65. The van der Waals surface area contributed by atoms with Crippen LogP contribution < -0.4 is 5.32 Å². The fourth-order valence-electron chi connectivity index (χ4n) is 4.04. The third-order valence-corrected chi connectivity index (χ3v) is 6.41. The molecule has 0 aliphatic carbocycles. The van der Waals surface area contributed by atoms with Gasteiger partial charge in [0.2, 0.25) is 5.91 Å². The molecule has 0 spiro atoms. The molecule has 2 heterocycles. The lowest BCUT2D eigenvalue weighted by molar-refractivity contribution is -0.129. The smallest absolute Gasteiger partial charge is 0.219 e. The predicted octanol–water partition coefficient (Wildman–Crippen LogP) is 5.08. The largest absolute Gasteiger partial charge is 0.343 e. The monoisotopic (exact) mass is 446 g/mol. The number of hydrogen-bond acceptors (Lipinski definition) is 2. The summed E-state index contributed by atoms with van der Waals surface area (Å²) >= 11 is 3.58. The molecule has 1 atom stereocenters. The molecular formula is C23H28BrFN2O. The van der Waals surface area contributed by atoms with Gasteiger partial charge in [-0.25, -0.2) is 4.39 Å². The van der Waals surface area contributed by atoms with Gasteiger partial charge in [-0.2, -0.15) is 0 Å². The highest BCUT2D eigenvalue weighted by molar-refractivity contribution is 9.10. The summed E-state index contributed by atoms with van der Waals surface area (Å²) in [6, 6.07) is 15.4. The maximum absolute atomic E-state index is 13.5. The summed E-state index contributed by atoms with van der Waals surface area (Å²) < 4.78 is 14.8. The van der Waals surface area contributed by atoms with E-state index in [1.54, 1.807) is 13.0 Å². The lowest BCUT2D eigenvalue weighted by Crippen LogP contribution is -2.36. The maximum atomic E-state index is 13.5. The predicted molar refractivity (Wildman–Crippen MR) is 115 cm³/mol. The number of rotatable bonds is 2. The van der Waals surface area contributed by atoms with Gasteiger partial charge in [0.25, 0.3) is 0 Å². The van der Waals surface area contributed by atoms with Crippen molar-refractivity contribution in [1.29, 1.82) is 0 Å². The van der Waals surface area contributed by atoms with Crippen molar-refractivity contribution in [2.45, 2.75) is 38.0 Å². The van der Waals surface area contributed by atoms with Crippen molar-refractivity contribution in [3.05, 3.63) is 69.9 Å². The molecule has 3 nitrogen and oxygen atoms in total. The van der Waals surface area contributed by atoms with Crippen LogP contribution in [0.15, 0.2) is 53.0 Å². The van der Waals surface area contributed by atoms with Gasteiger partial charge in [0.05, 0.1) is 0 Å². The van der Waals surface area contributed by atoms with Gasteiger partial charge in [-0.05, 0) is 60.9 Å². The second kappa shape index (κ2) is 10.2. The van der Waals surface area contributed by atoms with Crippen LogP contribution in [-0.4, -0.2) is 37.0 Å². The SMILES string of the molecule is Brc1ccccc1C1CCNC1.CC(=O)N1CCC(c2ccccc2F)CC1. The number of benzene rings is 2. The second-order valence-electron chi connectivity index (χ2n) is 7.51. The molecular weight excluding hydrogens is 419 g/mol. The number of likely N-dealkylation sites (tertiary alicyclic amines) is 1. The number of nitrogens with one attached hydrogen (secondary N) is 1. The number of nitrogens with zero attached hydrogens (tertiary/aromatic N) is 1. The first kappa shape index (κ1) is 21.0. The first-order chi connectivity index (χ1) is 13.6. The quantitative estimate of drug-likeness (QED) is 0.697. The normalized spacial score (nSPS) is 19.8. The summed E-state index contributed by atoms with van der Waals surface area (Å²) in [5.41, 5.74) is 2.24. The van der Waals surface area contributed by atoms with E-state index in [1.165, 1.54) is 22.5 Å². The number of piperidine rings is 1. The Labute approximate surface area is 175 Å². The van der Waals surface area contributed by atoms with Gasteiger partial charge in [-0.15, -0.1) is 0 Å². The minimum absolute atomic E-state index is 0.118. The molecule has 1 amide bonds. The van der Waals surface area contributed by atoms with E-state index in [1.807, 2.05) is 17.0 Å². The fraction of sp³-hybridized carbons (Fsp3) is 0.435. The molecule has 1 unspecified atom stereocenters. The third kappa shape index (κ3) is 5.42. The zero-order chi connectivity index (χ0) is 19.9. The molecule has 0 radical (unpaired) electrons. The summed E-state index contributed by atoms with van der Waals surface area (Å²) in [4.78, 5) is 13.0. The number of hydrogen-bond donors (Lipinski definition) is 1. The van der Waals surface area contributed by atoms with Crippen molar-refractivity contribution >= 4 is 21.8 Å². The zero-order valence-electron chi connectivity index (χ0n) is 16.3. The van der Waals surface area contributed by atoms with Crippen LogP contribution in [0.5, 0.6) is 0 Å². The molecule has 2 fully saturated rings. The van der Waals surface area contributed by atoms with Crippen LogP contribution in [0.2, 0.25) is 0 Å². The average Bonchev–Trinajstić information content (AvgIpc) is 3.24. The van der Waals surface area contributed by atoms with E-state index in [-0.39, 0.29) is 17.6 Å². The summed E-state index contributed by atoms with van der Waals surface area (Å²) in [7, 11) is 0. The Bertz CT molecular complexity index is 784. The lowest BCUT2D eigenvalue weighted by Gasteiger charge is -2.31. The Morgan fingerprint density at radius 2 is 1.64 bits per heavy atom. The van der Waals surface area contributed by atoms with Gasteiger partial charge in [-0.1, -0.05) is 52.3 Å². The van der Waals surface area contributed by atoms with E-state index in [4.69, 9.17) is 0 Å². The molecule has 28 heavy (non-hydrogen) atoms. The number of amides is 1. The molecule has 0 bridgehead atoms. The van der Waals surface area contributed by atoms with Crippen molar-refractivity contribution in [2.75, 3.05) is 26.2 Å². The molecule has 2 aliphatic heterocycles. The Morgan fingerprint density at radius 1 is 1.00 bits per heavy atom. The molecule has 0 saturated carbocycles. The van der Waals surface area contributed by atoms with Gasteiger partial charge < -0.3 is 10.2 Å². The van der Waals surface area contributed by atoms with Gasteiger partial charge in [0, 0.05) is 31.0 Å². The van der Waals surface area contributed by atoms with Crippen LogP contribution in [0.4, 0.5) is 4.39 Å². The van der Waals surface area contributed by atoms with Crippen LogP contribution in [-0.2, 0) is 4.79 Å². The van der Waals surface area contributed by atoms with Gasteiger partial charge in [0.15, 0.2) is 0 Å². The summed E-state index contributed by atoms with van der Waals surface area (Å²) in [6.07, 6.45) is 2.99. The minimum Gasteiger partial charge on any atom is -0.343 e. The second-order valence-corrected chi connectivity index (χ2v) is 8.37. The number of carbonyl (C=O) groups excluding carboxylic acids is 1. The van der Waals surface area contributed by atoms with E-state index < -0.39 is 0 Å². The van der Waals surface area contributed by atoms with E-state index in [2.05, 4.69) is 45.5 Å². The van der Waals surface area contributed by atoms with Gasteiger partial charge >= 0.3 is 0 Å². The van der Waals surface area contributed by atoms with Gasteiger partial charge in [0.1, 0.15) is 5.82 Å². The average molecular weight is 447 g/mol. The standard InChI is InChI=1S/C13H16FNO.C10H12BrN/c1-10(16)15-8-6-11(7-9-15)12-4-2-3-5-13(12)14;11-10-4-2-1-3-9(10)8-5-6-12-7-8/h2-5,11H,6-9H2,1H3;1-4,8,12H,5-7H2. The lowest BCUT2D eigenvalue weighted by atomic mass is 9.89. The zero-order valence-corrected chi connectivity index (χ0v) is 17.9. The highest BCUT2D eigenvalue weighted by Crippen LogP contribution is 2.30. The molecule has 2 aromatic carbocycles. The summed E-state index contributed by atoms with van der Waals surface area (Å²) in [5.74, 6) is 0.966.